The summed E-state index contributed by atoms with van der Waals surface area (Å²) < 4.78 is 52.6. The van der Waals surface area contributed by atoms with Crippen LogP contribution in [0, 0.1) is 3.70 Å². The molecule has 0 spiro atoms. The largest absolute Gasteiger partial charge is 0.463 e. The molecule has 78 valence electrons. The van der Waals surface area contributed by atoms with Crippen LogP contribution in [0.1, 0.15) is 5.69 Å². The van der Waals surface area contributed by atoms with Crippen LogP contribution in [0.25, 0.3) is 0 Å². The smallest absolute Gasteiger partial charge is 0.433 e. The fourth-order valence-corrected chi connectivity index (χ4v) is 1.33. The van der Waals surface area contributed by atoms with Crippen LogP contribution in [0.15, 0.2) is 12.1 Å². The summed E-state index contributed by atoms with van der Waals surface area (Å²) in [5, 5.41) is 0. The Kier molecular flexibility index (Phi) is 3.51. The number of nitrogens with zero attached hydrogens (tertiary/aromatic N) is 1. The Morgan fingerprint density at radius 2 is 2.00 bits per heavy atom. The molecule has 1 rings (SSSR count). The number of hydrogen-bond acceptors (Lipinski definition) is 2. The van der Waals surface area contributed by atoms with Gasteiger partial charge in [-0.2, -0.15) is 13.2 Å². The number of aromatic nitrogens is 1. The third-order valence-electron chi connectivity index (χ3n) is 1.28. The molecule has 0 unspecified atom stereocenters. The van der Waals surface area contributed by atoms with Gasteiger partial charge in [-0.3, -0.25) is 0 Å². The van der Waals surface area contributed by atoms with Gasteiger partial charge >= 0.3 is 6.18 Å². The van der Waals surface area contributed by atoms with Gasteiger partial charge in [-0.15, -0.1) is 0 Å². The van der Waals surface area contributed by atoms with E-state index in [1.54, 1.807) is 22.6 Å². The van der Waals surface area contributed by atoms with E-state index in [2.05, 4.69) is 9.72 Å². The molecular formula is C7H4F4INO. The van der Waals surface area contributed by atoms with E-state index in [1.807, 2.05) is 0 Å². The Morgan fingerprint density at radius 1 is 1.36 bits per heavy atom. The fourth-order valence-electron chi connectivity index (χ4n) is 0.765. The number of halogens is 5. The predicted molar refractivity (Wildman–Crippen MR) is 48.6 cm³/mol. The van der Waals surface area contributed by atoms with Crippen molar-refractivity contribution in [3.05, 3.63) is 21.5 Å². The molecule has 7 heteroatoms. The van der Waals surface area contributed by atoms with E-state index in [9.17, 15) is 17.6 Å². The Labute approximate surface area is 90.4 Å². The SMILES string of the molecule is FCOc1cc(I)nc(C(F)(F)F)c1. The van der Waals surface area contributed by atoms with Crippen LogP contribution in [0.5, 0.6) is 5.75 Å². The lowest BCUT2D eigenvalue weighted by Gasteiger charge is -2.08. The molecule has 0 radical (unpaired) electrons. The van der Waals surface area contributed by atoms with Crippen molar-refractivity contribution in [2.75, 3.05) is 6.86 Å². The highest BCUT2D eigenvalue weighted by Gasteiger charge is 2.33. The molecular weight excluding hydrogens is 317 g/mol. The van der Waals surface area contributed by atoms with Crippen molar-refractivity contribution < 1.29 is 22.3 Å². The van der Waals surface area contributed by atoms with E-state index in [0.717, 1.165) is 0 Å². The average molecular weight is 321 g/mol. The van der Waals surface area contributed by atoms with E-state index in [-0.39, 0.29) is 9.45 Å². The average Bonchev–Trinajstić information content (AvgIpc) is 2.02. The maximum absolute atomic E-state index is 12.2. The van der Waals surface area contributed by atoms with Crippen molar-refractivity contribution in [2.24, 2.45) is 0 Å². The second kappa shape index (κ2) is 4.28. The van der Waals surface area contributed by atoms with Crippen molar-refractivity contribution in [3.8, 4) is 5.75 Å². The van der Waals surface area contributed by atoms with Crippen LogP contribution in [0.2, 0.25) is 0 Å². The van der Waals surface area contributed by atoms with Crippen molar-refractivity contribution in [3.63, 3.8) is 0 Å². The molecule has 0 saturated heterocycles. The minimum Gasteiger partial charge on any atom is -0.463 e. The number of ether oxygens (including phenoxy) is 1. The van der Waals surface area contributed by atoms with Crippen LogP contribution >= 0.6 is 22.6 Å². The summed E-state index contributed by atoms with van der Waals surface area (Å²) in [6.45, 7) is -1.17. The van der Waals surface area contributed by atoms with Gasteiger partial charge in [0.1, 0.15) is 15.1 Å². The monoisotopic (exact) mass is 321 g/mol. The molecule has 0 aliphatic carbocycles. The number of alkyl halides is 4. The molecule has 0 bridgehead atoms. The fraction of sp³-hybridized carbons (Fsp3) is 0.286. The maximum Gasteiger partial charge on any atom is 0.433 e. The van der Waals surface area contributed by atoms with E-state index < -0.39 is 18.7 Å². The molecule has 2 nitrogen and oxygen atoms in total. The molecule has 0 fully saturated rings. The summed E-state index contributed by atoms with van der Waals surface area (Å²) >= 11 is 1.60. The van der Waals surface area contributed by atoms with Gasteiger partial charge < -0.3 is 4.74 Å². The molecule has 0 aliphatic rings. The van der Waals surface area contributed by atoms with Gasteiger partial charge in [-0.1, -0.05) is 0 Å². The first-order valence-corrected chi connectivity index (χ1v) is 4.45. The van der Waals surface area contributed by atoms with Crippen LogP contribution < -0.4 is 4.74 Å². The Hall–Kier alpha value is -0.600. The summed E-state index contributed by atoms with van der Waals surface area (Å²) in [6.07, 6.45) is -4.55. The first-order chi connectivity index (χ1) is 6.43. The summed E-state index contributed by atoms with van der Waals surface area (Å²) in [4.78, 5) is 3.25. The van der Waals surface area contributed by atoms with Crippen LogP contribution in [-0.4, -0.2) is 11.8 Å². The standard InChI is InChI=1S/C7H4F4INO/c8-3-14-4-1-5(7(9,10)11)13-6(12)2-4/h1-2H,3H2. The van der Waals surface area contributed by atoms with Gasteiger partial charge in [-0.05, 0) is 22.6 Å². The quantitative estimate of drug-likeness (QED) is 0.475. The van der Waals surface area contributed by atoms with Crippen LogP contribution in [0.4, 0.5) is 17.6 Å². The molecule has 1 aromatic rings. The van der Waals surface area contributed by atoms with Gasteiger partial charge in [0.05, 0.1) is 0 Å². The zero-order valence-electron chi connectivity index (χ0n) is 6.61. The number of pyridine rings is 1. The van der Waals surface area contributed by atoms with Gasteiger partial charge in [-0.25, -0.2) is 9.37 Å². The molecule has 0 atom stereocenters. The van der Waals surface area contributed by atoms with Gasteiger partial charge in [0.15, 0.2) is 0 Å². The lowest BCUT2D eigenvalue weighted by molar-refractivity contribution is -0.141. The van der Waals surface area contributed by atoms with E-state index in [0.29, 0.717) is 6.07 Å². The minimum absolute atomic E-state index is 0.0980. The summed E-state index contributed by atoms with van der Waals surface area (Å²) in [5.41, 5.74) is -1.09. The summed E-state index contributed by atoms with van der Waals surface area (Å²) in [6, 6.07) is 1.87. The van der Waals surface area contributed by atoms with Crippen LogP contribution in [0.3, 0.4) is 0 Å². The highest BCUT2D eigenvalue weighted by Crippen LogP contribution is 2.30. The van der Waals surface area contributed by atoms with Crippen molar-refractivity contribution >= 4 is 22.6 Å². The highest BCUT2D eigenvalue weighted by atomic mass is 127. The van der Waals surface area contributed by atoms with Gasteiger partial charge in [0.25, 0.3) is 0 Å². The molecule has 1 aromatic heterocycles. The van der Waals surface area contributed by atoms with Crippen LogP contribution in [-0.2, 0) is 6.18 Å². The minimum atomic E-state index is -4.55. The molecule has 0 aromatic carbocycles. The third-order valence-corrected chi connectivity index (χ3v) is 1.83. The first kappa shape index (κ1) is 11.5. The first-order valence-electron chi connectivity index (χ1n) is 3.37. The van der Waals surface area contributed by atoms with E-state index >= 15 is 0 Å². The molecule has 0 amide bonds. The second-order valence-electron chi connectivity index (χ2n) is 2.26. The van der Waals surface area contributed by atoms with Gasteiger partial charge in [0.2, 0.25) is 6.86 Å². The van der Waals surface area contributed by atoms with Gasteiger partial charge in [0, 0.05) is 12.1 Å². The topological polar surface area (TPSA) is 22.1 Å². The molecule has 0 saturated carbocycles. The lowest BCUT2D eigenvalue weighted by Crippen LogP contribution is -2.09. The van der Waals surface area contributed by atoms with Crippen molar-refractivity contribution in [1.82, 2.24) is 4.98 Å². The Balaban J connectivity index is 3.07. The molecule has 1 heterocycles. The van der Waals surface area contributed by atoms with Crippen molar-refractivity contribution in [2.45, 2.75) is 6.18 Å². The number of hydrogen-bond donors (Lipinski definition) is 0. The zero-order chi connectivity index (χ0) is 10.8. The highest BCUT2D eigenvalue weighted by molar-refractivity contribution is 14.1. The Bertz CT molecular complexity index is 328. The lowest BCUT2D eigenvalue weighted by atomic mass is 10.3. The summed E-state index contributed by atoms with van der Waals surface area (Å²) in [7, 11) is 0. The molecule has 14 heavy (non-hydrogen) atoms. The van der Waals surface area contributed by atoms with E-state index in [1.165, 1.54) is 6.07 Å². The Morgan fingerprint density at radius 3 is 2.50 bits per heavy atom. The second-order valence-corrected chi connectivity index (χ2v) is 3.37. The normalized spacial score (nSPS) is 11.5. The number of rotatable bonds is 2. The van der Waals surface area contributed by atoms with E-state index in [4.69, 9.17) is 0 Å². The summed E-state index contributed by atoms with van der Waals surface area (Å²) in [5.74, 6) is -0.181. The molecule has 0 aliphatic heterocycles. The zero-order valence-corrected chi connectivity index (χ0v) is 8.76. The maximum atomic E-state index is 12.2. The molecule has 0 N–H and O–H groups in total. The predicted octanol–water partition coefficient (Wildman–Crippen LogP) is 3.01. The third kappa shape index (κ3) is 2.96. The van der Waals surface area contributed by atoms with Crippen molar-refractivity contribution in [1.29, 1.82) is 0 Å².